The maximum Gasteiger partial charge on any atom is 0.325 e. The summed E-state index contributed by atoms with van der Waals surface area (Å²) in [6.45, 7) is -0.549. The monoisotopic (exact) mass is 455 g/mol. The number of thiazole rings is 1. The van der Waals surface area contributed by atoms with Gasteiger partial charge in [0.05, 0.1) is 20.7 Å². The Morgan fingerprint density at radius 3 is 2.45 bits per heavy atom. The molecule has 33 heavy (non-hydrogen) atoms. The average molecular weight is 456 g/mol. The maximum absolute atomic E-state index is 11.1. The number of fused-ring (bicyclic) bond motifs is 2. The number of carboxylic acid groups (broad SMARTS) is 1. The Hall–Kier alpha value is -3.81. The number of nitrogens with zero attached hydrogens (tertiary/aromatic N) is 3. The lowest BCUT2D eigenvalue weighted by Crippen LogP contribution is -2.26. The van der Waals surface area contributed by atoms with Crippen molar-refractivity contribution in [3.8, 4) is 11.1 Å². The van der Waals surface area contributed by atoms with E-state index >= 15 is 0 Å². The number of anilines is 1. The number of hydroxylamine groups is 1. The van der Waals surface area contributed by atoms with Gasteiger partial charge in [0.15, 0.2) is 5.82 Å². The van der Waals surface area contributed by atoms with Gasteiger partial charge >= 0.3 is 5.97 Å². The summed E-state index contributed by atoms with van der Waals surface area (Å²) >= 11 is 1.73. The highest BCUT2D eigenvalue weighted by molar-refractivity contribution is 7.18. The minimum absolute atomic E-state index is 0.200. The molecule has 2 heterocycles. The first-order valence-corrected chi connectivity index (χ1v) is 11.4. The number of hydrogen-bond acceptors (Lipinski definition) is 6. The molecule has 2 N–H and O–H groups in total. The van der Waals surface area contributed by atoms with Crippen molar-refractivity contribution in [3.63, 3.8) is 0 Å². The van der Waals surface area contributed by atoms with Crippen LogP contribution in [0.25, 0.3) is 32.2 Å². The lowest BCUT2D eigenvalue weighted by atomic mass is 9.98. The Balaban J connectivity index is 1.50. The van der Waals surface area contributed by atoms with Gasteiger partial charge in [-0.15, -0.1) is 11.3 Å². The van der Waals surface area contributed by atoms with E-state index in [-0.39, 0.29) is 5.82 Å². The van der Waals surface area contributed by atoms with E-state index in [0.717, 1.165) is 39.9 Å². The number of carboxylic acids is 1. The molecule has 0 saturated carbocycles. The molecule has 2 aromatic heterocycles. The lowest BCUT2D eigenvalue weighted by Gasteiger charge is -2.17. The molecule has 0 aliphatic rings. The van der Waals surface area contributed by atoms with Crippen molar-refractivity contribution in [3.05, 3.63) is 89.4 Å². The van der Waals surface area contributed by atoms with E-state index in [1.54, 1.807) is 17.4 Å². The molecule has 5 rings (SSSR count). The molecular weight excluding hydrogens is 434 g/mol. The van der Waals surface area contributed by atoms with E-state index in [9.17, 15) is 10.0 Å². The van der Waals surface area contributed by atoms with Crippen molar-refractivity contribution in [2.75, 3.05) is 11.6 Å². The van der Waals surface area contributed by atoms with Crippen molar-refractivity contribution in [1.82, 2.24) is 9.97 Å². The quantitative estimate of drug-likeness (QED) is 0.312. The first kappa shape index (κ1) is 21.1. The van der Waals surface area contributed by atoms with Gasteiger partial charge < -0.3 is 5.11 Å². The number of para-hydroxylation sites is 1. The summed E-state index contributed by atoms with van der Waals surface area (Å²) in [4.78, 5) is 20.3. The van der Waals surface area contributed by atoms with Crippen LogP contribution in [0.15, 0.2) is 78.9 Å². The molecule has 0 spiro atoms. The average Bonchev–Trinajstić information content (AvgIpc) is 3.25. The van der Waals surface area contributed by atoms with E-state index < -0.39 is 12.5 Å². The zero-order valence-electron chi connectivity index (χ0n) is 17.7. The van der Waals surface area contributed by atoms with Crippen LogP contribution in [0, 0.1) is 0 Å². The van der Waals surface area contributed by atoms with E-state index in [2.05, 4.69) is 17.1 Å². The van der Waals surface area contributed by atoms with Gasteiger partial charge in [0.1, 0.15) is 6.54 Å². The number of rotatable bonds is 7. The SMILES string of the molecule is O=C(O)CN(O)c1cc(-c2ccccc2)c2cc(CCc3nc4ccccc4s3)ccc2n1. The van der Waals surface area contributed by atoms with Crippen molar-refractivity contribution in [2.45, 2.75) is 12.8 Å². The molecule has 0 aliphatic heterocycles. The van der Waals surface area contributed by atoms with Crippen LogP contribution < -0.4 is 5.06 Å². The number of pyridine rings is 1. The minimum atomic E-state index is -1.13. The second-order valence-corrected chi connectivity index (χ2v) is 8.89. The molecule has 0 amide bonds. The molecule has 0 aliphatic carbocycles. The fourth-order valence-corrected chi connectivity index (χ4v) is 4.86. The number of aliphatic carboxylic acids is 1. The molecule has 6 nitrogen and oxygen atoms in total. The van der Waals surface area contributed by atoms with Crippen LogP contribution in [-0.4, -0.2) is 32.8 Å². The summed E-state index contributed by atoms with van der Waals surface area (Å²) in [5, 5.41) is 22.0. The summed E-state index contributed by atoms with van der Waals surface area (Å²) < 4.78 is 1.20. The third kappa shape index (κ3) is 4.55. The van der Waals surface area contributed by atoms with Gasteiger partial charge in [0, 0.05) is 11.8 Å². The molecule has 0 radical (unpaired) electrons. The molecule has 164 valence electrons. The normalized spacial score (nSPS) is 11.2. The number of benzene rings is 3. The fourth-order valence-electron chi connectivity index (χ4n) is 3.89. The van der Waals surface area contributed by atoms with Crippen LogP contribution in [0.5, 0.6) is 0 Å². The Labute approximate surface area is 194 Å². The van der Waals surface area contributed by atoms with E-state index in [1.807, 2.05) is 60.7 Å². The van der Waals surface area contributed by atoms with Gasteiger partial charge in [-0.1, -0.05) is 48.5 Å². The first-order valence-electron chi connectivity index (χ1n) is 10.6. The van der Waals surface area contributed by atoms with Gasteiger partial charge in [-0.25, -0.2) is 15.0 Å². The van der Waals surface area contributed by atoms with Gasteiger partial charge in [-0.05, 0) is 53.4 Å². The number of carbonyl (C=O) groups is 1. The first-order chi connectivity index (χ1) is 16.1. The van der Waals surface area contributed by atoms with Gasteiger partial charge in [0.2, 0.25) is 0 Å². The zero-order valence-corrected chi connectivity index (χ0v) is 18.5. The van der Waals surface area contributed by atoms with Gasteiger partial charge in [-0.3, -0.25) is 10.0 Å². The highest BCUT2D eigenvalue weighted by Gasteiger charge is 2.15. The predicted molar refractivity (Wildman–Crippen MR) is 131 cm³/mol. The Bertz CT molecular complexity index is 1420. The Morgan fingerprint density at radius 2 is 1.67 bits per heavy atom. The summed E-state index contributed by atoms with van der Waals surface area (Å²) in [5.41, 5.74) is 4.76. The van der Waals surface area contributed by atoms with Gasteiger partial charge in [0.25, 0.3) is 0 Å². The van der Waals surface area contributed by atoms with Crippen LogP contribution >= 0.6 is 11.3 Å². The minimum Gasteiger partial charge on any atom is -0.480 e. The molecule has 0 atom stereocenters. The maximum atomic E-state index is 11.1. The van der Waals surface area contributed by atoms with Crippen molar-refractivity contribution >= 4 is 44.2 Å². The van der Waals surface area contributed by atoms with Crippen LogP contribution in [-0.2, 0) is 17.6 Å². The van der Waals surface area contributed by atoms with Crippen molar-refractivity contribution in [2.24, 2.45) is 0 Å². The molecule has 0 fully saturated rings. The topological polar surface area (TPSA) is 86.5 Å². The van der Waals surface area contributed by atoms with E-state index in [4.69, 9.17) is 10.1 Å². The number of aryl methyl sites for hydroxylation is 2. The molecule has 7 heteroatoms. The highest BCUT2D eigenvalue weighted by Crippen LogP contribution is 2.32. The Morgan fingerprint density at radius 1 is 0.879 bits per heavy atom. The molecule has 3 aromatic carbocycles. The lowest BCUT2D eigenvalue weighted by molar-refractivity contribution is -0.136. The summed E-state index contributed by atoms with van der Waals surface area (Å²) in [6.07, 6.45) is 1.69. The molecule has 0 unspecified atom stereocenters. The third-order valence-electron chi connectivity index (χ3n) is 5.46. The molecular formula is C26H21N3O3S. The standard InChI is InChI=1S/C26H21N3O3S/c30-26(31)16-29(32)24-15-19(18-6-2-1-3-7-18)20-14-17(10-12-21(20)27-24)11-13-25-28-22-8-4-5-9-23(22)33-25/h1-10,12,14-15,32H,11,13,16H2,(H,30,31). The van der Waals surface area contributed by atoms with Crippen LogP contribution in [0.3, 0.4) is 0 Å². The summed E-state index contributed by atoms with van der Waals surface area (Å²) in [5.74, 6) is -0.933. The van der Waals surface area contributed by atoms with Gasteiger partial charge in [-0.2, -0.15) is 0 Å². The summed E-state index contributed by atoms with van der Waals surface area (Å²) in [6, 6.07) is 25.8. The molecule has 0 saturated heterocycles. The predicted octanol–water partition coefficient (Wildman–Crippen LogP) is 5.58. The smallest absolute Gasteiger partial charge is 0.325 e. The van der Waals surface area contributed by atoms with Crippen LogP contribution in [0.4, 0.5) is 5.82 Å². The largest absolute Gasteiger partial charge is 0.480 e. The second kappa shape index (κ2) is 8.97. The number of hydrogen-bond donors (Lipinski definition) is 2. The molecule has 0 bridgehead atoms. The van der Waals surface area contributed by atoms with E-state index in [0.29, 0.717) is 10.6 Å². The second-order valence-electron chi connectivity index (χ2n) is 7.77. The van der Waals surface area contributed by atoms with E-state index in [1.165, 1.54) is 10.3 Å². The fraction of sp³-hybridized carbons (Fsp3) is 0.115. The molecule has 5 aromatic rings. The summed E-state index contributed by atoms with van der Waals surface area (Å²) in [7, 11) is 0. The number of aromatic nitrogens is 2. The highest BCUT2D eigenvalue weighted by atomic mass is 32.1. The third-order valence-corrected chi connectivity index (χ3v) is 6.56. The van der Waals surface area contributed by atoms with Crippen molar-refractivity contribution in [1.29, 1.82) is 0 Å². The Kier molecular flexibility index (Phi) is 5.73. The van der Waals surface area contributed by atoms with Crippen molar-refractivity contribution < 1.29 is 15.1 Å². The van der Waals surface area contributed by atoms with Crippen LogP contribution in [0.1, 0.15) is 10.6 Å². The zero-order chi connectivity index (χ0) is 22.8. The van der Waals surface area contributed by atoms with Crippen LogP contribution in [0.2, 0.25) is 0 Å².